The van der Waals surface area contributed by atoms with E-state index in [2.05, 4.69) is 9.89 Å². The van der Waals surface area contributed by atoms with Gasteiger partial charge in [-0.25, -0.2) is 17.6 Å². The summed E-state index contributed by atoms with van der Waals surface area (Å²) >= 11 is 7.62. The molecule has 252 valence electrons. The molecule has 13 heteroatoms. The fraction of sp³-hybridized carbons (Fsp3) is 0.471. The number of alkyl halides is 2. The Balaban J connectivity index is 0.000000410. The number of nitrogens with two attached hydrogens (primary N) is 1. The molecule has 0 bridgehead atoms. The first-order valence-electron chi connectivity index (χ1n) is 15.6. The molecular weight excluding hydrogens is 654 g/mol. The lowest BCUT2D eigenvalue weighted by Gasteiger charge is -2.27. The van der Waals surface area contributed by atoms with Gasteiger partial charge in [0.25, 0.3) is 0 Å². The number of thiophene rings is 1. The lowest BCUT2D eigenvalue weighted by Crippen LogP contribution is -2.38. The average molecular weight is 692 g/mol. The summed E-state index contributed by atoms with van der Waals surface area (Å²) in [6.07, 6.45) is 3.92. The van der Waals surface area contributed by atoms with Crippen LogP contribution in [0.4, 0.5) is 22.6 Å². The summed E-state index contributed by atoms with van der Waals surface area (Å²) in [6, 6.07) is 6.73. The quantitative estimate of drug-likeness (QED) is 0.127. The van der Waals surface area contributed by atoms with Gasteiger partial charge in [0.2, 0.25) is 5.88 Å². The van der Waals surface area contributed by atoms with Gasteiger partial charge in [-0.2, -0.15) is 10.3 Å². The maximum atomic E-state index is 16.2. The number of hydrogen-bond acceptors (Lipinski definition) is 7. The summed E-state index contributed by atoms with van der Waals surface area (Å²) in [4.78, 5) is 8.58. The van der Waals surface area contributed by atoms with Crippen molar-refractivity contribution in [2.24, 2.45) is 4.99 Å². The van der Waals surface area contributed by atoms with Crippen LogP contribution in [0.2, 0.25) is 5.02 Å². The molecule has 3 atom stereocenters. The zero-order valence-corrected chi connectivity index (χ0v) is 28.2. The molecule has 47 heavy (non-hydrogen) atoms. The molecule has 6 rings (SSSR count). The predicted molar refractivity (Wildman–Crippen MR) is 179 cm³/mol. The molecule has 3 unspecified atom stereocenters. The van der Waals surface area contributed by atoms with E-state index >= 15 is 4.39 Å². The zero-order chi connectivity index (χ0) is 33.8. The van der Waals surface area contributed by atoms with Crippen LogP contribution in [0.5, 0.6) is 0 Å². The Hall–Kier alpha value is -3.37. The highest BCUT2D eigenvalue weighted by Crippen LogP contribution is 2.44. The molecule has 2 N–H and O–H groups in total. The third-order valence-electron chi connectivity index (χ3n) is 8.69. The van der Waals surface area contributed by atoms with Crippen molar-refractivity contribution >= 4 is 43.9 Å². The minimum absolute atomic E-state index is 0.00481. The van der Waals surface area contributed by atoms with Crippen molar-refractivity contribution in [3.8, 4) is 17.2 Å². The maximum absolute atomic E-state index is 16.2. The van der Waals surface area contributed by atoms with Crippen molar-refractivity contribution < 1.29 is 27.0 Å². The summed E-state index contributed by atoms with van der Waals surface area (Å²) in [7, 11) is 1.47. The minimum atomic E-state index is -1.27. The number of aliphatic imine (C=N–C) groups is 1. The molecule has 3 saturated heterocycles. The van der Waals surface area contributed by atoms with Crippen LogP contribution in [0.3, 0.4) is 0 Å². The number of rotatable bonds is 5. The molecule has 2 aromatic carbocycles. The first kappa shape index (κ1) is 35.0. The fourth-order valence-corrected chi connectivity index (χ4v) is 7.69. The van der Waals surface area contributed by atoms with Gasteiger partial charge >= 0.3 is 0 Å². The van der Waals surface area contributed by atoms with Crippen LogP contribution in [0.15, 0.2) is 35.2 Å². The van der Waals surface area contributed by atoms with Gasteiger partial charge in [-0.15, -0.1) is 11.3 Å². The van der Waals surface area contributed by atoms with Crippen LogP contribution >= 0.6 is 22.9 Å². The zero-order valence-electron chi connectivity index (χ0n) is 26.6. The predicted octanol–water partition coefficient (Wildman–Crippen LogP) is 7.77. The molecule has 3 aromatic rings. The lowest BCUT2D eigenvalue weighted by molar-refractivity contribution is 0.105. The van der Waals surface area contributed by atoms with Gasteiger partial charge in [0.05, 0.1) is 42.2 Å². The number of nitrogen functional groups attached to an aromatic ring is 1. The van der Waals surface area contributed by atoms with Crippen molar-refractivity contribution in [3.05, 3.63) is 63.5 Å². The Morgan fingerprint density at radius 3 is 2.74 bits per heavy atom. The molecule has 3 aliphatic rings. The number of benzene rings is 2. The molecule has 0 amide bonds. The smallest absolute Gasteiger partial charge is 0.210 e. The molecule has 1 aromatic heterocycles. The lowest BCUT2D eigenvalue weighted by atomic mass is 9.94. The molecule has 0 saturated carbocycles. The second kappa shape index (κ2) is 15.2. The Morgan fingerprint density at radius 2 is 2.04 bits per heavy atom. The maximum Gasteiger partial charge on any atom is 0.210 e. The van der Waals surface area contributed by atoms with Crippen LogP contribution in [0.25, 0.3) is 21.2 Å². The number of halogens is 5. The van der Waals surface area contributed by atoms with Gasteiger partial charge in [-0.3, -0.25) is 4.90 Å². The molecule has 0 aliphatic carbocycles. The molecule has 3 fully saturated rings. The Bertz CT molecular complexity index is 1710. The van der Waals surface area contributed by atoms with Crippen molar-refractivity contribution in [3.63, 3.8) is 0 Å². The van der Waals surface area contributed by atoms with E-state index < -0.39 is 24.0 Å². The van der Waals surface area contributed by atoms with Crippen LogP contribution in [0, 0.1) is 29.9 Å². The summed E-state index contributed by atoms with van der Waals surface area (Å²) in [6.45, 7) is 5.85. The molecule has 4 heterocycles. The highest BCUT2D eigenvalue weighted by atomic mass is 35.5. The van der Waals surface area contributed by atoms with E-state index in [9.17, 15) is 18.4 Å². The number of nitriles is 1. The summed E-state index contributed by atoms with van der Waals surface area (Å²) < 4.78 is 68.8. The first-order valence-corrected chi connectivity index (χ1v) is 16.8. The number of methoxy groups -OCH3 is 1. The van der Waals surface area contributed by atoms with Gasteiger partial charge in [0, 0.05) is 35.6 Å². The number of ether oxygens (including phenoxy) is 2. The fourth-order valence-electron chi connectivity index (χ4n) is 6.45. The highest BCUT2D eigenvalue weighted by Gasteiger charge is 2.35. The molecule has 3 aliphatic heterocycles. The number of allylic oxidation sites excluding steroid dienone is 1. The van der Waals surface area contributed by atoms with E-state index in [4.69, 9.17) is 26.8 Å². The summed E-state index contributed by atoms with van der Waals surface area (Å²) in [5.74, 6) is -0.676. The largest absolute Gasteiger partial charge is 0.481 e. The number of anilines is 1. The van der Waals surface area contributed by atoms with E-state index in [0.717, 1.165) is 24.3 Å². The van der Waals surface area contributed by atoms with Crippen molar-refractivity contribution in [1.82, 2.24) is 9.80 Å². The number of amidine groups is 1. The summed E-state index contributed by atoms with van der Waals surface area (Å²) in [5.41, 5.74) is 6.81. The normalized spacial score (nSPS) is 22.1. The van der Waals surface area contributed by atoms with Crippen molar-refractivity contribution in [1.29, 1.82) is 5.26 Å². The van der Waals surface area contributed by atoms with E-state index in [0.29, 0.717) is 31.1 Å². The first-order chi connectivity index (χ1) is 22.6. The third kappa shape index (κ3) is 7.38. The van der Waals surface area contributed by atoms with E-state index in [1.54, 1.807) is 24.0 Å². The van der Waals surface area contributed by atoms with Gasteiger partial charge < -0.3 is 20.1 Å². The highest BCUT2D eigenvalue weighted by molar-refractivity contribution is 7.23. The van der Waals surface area contributed by atoms with Gasteiger partial charge in [0.15, 0.2) is 0 Å². The van der Waals surface area contributed by atoms with Crippen LogP contribution in [-0.2, 0) is 9.47 Å². The Morgan fingerprint density at radius 1 is 1.26 bits per heavy atom. The van der Waals surface area contributed by atoms with E-state index in [1.165, 1.54) is 32.1 Å². The molecule has 0 radical (unpaired) electrons. The molecular formula is C34H38ClF4N5O2S. The SMILES string of the molecule is CC/C=C(/N=C(\c1cc(Cl)c(-c2ccc(F)c3sc(N)c(C#N)c23)c(F)c1C)N1CCOCC(F)C1)OC.FC1CC2CCCN2C1. The third-order valence-corrected chi connectivity index (χ3v) is 10.0. The Labute approximate surface area is 281 Å². The number of nitrogens with zero attached hydrogens (tertiary/aromatic N) is 4. The number of fused-ring (bicyclic) bond motifs is 2. The van der Waals surface area contributed by atoms with Crippen molar-refractivity contribution in [2.45, 2.75) is 57.9 Å². The monoisotopic (exact) mass is 691 g/mol. The summed E-state index contributed by atoms with van der Waals surface area (Å²) in [5, 5.41) is 10.0. The topological polar surface area (TPSA) is 87.1 Å². The second-order valence-electron chi connectivity index (χ2n) is 11.8. The van der Waals surface area contributed by atoms with Crippen LogP contribution < -0.4 is 5.73 Å². The molecule has 0 spiro atoms. The van der Waals surface area contributed by atoms with E-state index in [1.807, 2.05) is 13.0 Å². The van der Waals surface area contributed by atoms with Gasteiger partial charge in [0.1, 0.15) is 40.9 Å². The minimum Gasteiger partial charge on any atom is -0.481 e. The molecule has 7 nitrogen and oxygen atoms in total. The average Bonchev–Trinajstić information content (AvgIpc) is 3.68. The van der Waals surface area contributed by atoms with Gasteiger partial charge in [-0.05, 0) is 68.5 Å². The van der Waals surface area contributed by atoms with Gasteiger partial charge in [-0.1, -0.05) is 24.6 Å². The van der Waals surface area contributed by atoms with Crippen LogP contribution in [-0.4, -0.2) is 80.5 Å². The number of hydrogen-bond donors (Lipinski definition) is 1. The van der Waals surface area contributed by atoms with Crippen LogP contribution in [0.1, 0.15) is 49.3 Å². The standard InChI is InChI=1S/C27H26ClF3N4O2S.C7H12FN/c1-4-5-21(36-3)34-27(35-8-9-37-13-15(29)12-35)17-10-19(28)23(24(31)14(17)2)16-6-7-20(30)25-22(16)18(11-32)26(33)38-25;8-6-4-7-2-1-3-9(7)5-6/h5-7,10,15H,4,8-9,12-13,33H2,1-3H3;6-7H,1-5H2/b21-5-,34-27+;. The second-order valence-corrected chi connectivity index (χ2v) is 13.3. The van der Waals surface area contributed by atoms with Crippen molar-refractivity contribution in [2.75, 3.05) is 52.2 Å². The Kier molecular flexibility index (Phi) is 11.3. The van der Waals surface area contributed by atoms with E-state index in [-0.39, 0.29) is 73.8 Å².